The van der Waals surface area contributed by atoms with Gasteiger partial charge in [-0.1, -0.05) is 101 Å². The first-order chi connectivity index (χ1) is 13.0. The molecule has 0 fully saturated rings. The maximum absolute atomic E-state index is 6.83. The second-order valence-corrected chi connectivity index (χ2v) is 12.4. The van der Waals surface area contributed by atoms with E-state index in [9.17, 15) is 0 Å². The van der Waals surface area contributed by atoms with Crippen LogP contribution in [0.25, 0.3) is 0 Å². The van der Waals surface area contributed by atoms with E-state index in [1.54, 1.807) is 0 Å². The molecule has 0 amide bonds. The normalized spacial score (nSPS) is 11.7. The summed E-state index contributed by atoms with van der Waals surface area (Å²) in [6, 6.07) is 21.6. The van der Waals surface area contributed by atoms with Crippen LogP contribution in [0, 0.1) is 11.8 Å². The van der Waals surface area contributed by atoms with Crippen molar-refractivity contribution < 1.29 is 4.43 Å². The summed E-state index contributed by atoms with van der Waals surface area (Å²) in [5.74, 6) is 6.63. The monoisotopic (exact) mass is 378 g/mol. The minimum atomic E-state index is -2.40. The van der Waals surface area contributed by atoms with Gasteiger partial charge in [0.15, 0.2) is 0 Å². The van der Waals surface area contributed by atoms with Crippen molar-refractivity contribution in [2.75, 3.05) is 6.61 Å². The zero-order chi connectivity index (χ0) is 19.6. The summed E-state index contributed by atoms with van der Waals surface area (Å²) in [5, 5.41) is 2.70. The highest BCUT2D eigenvalue weighted by Crippen LogP contribution is 2.36. The Kier molecular flexibility index (Phi) is 8.35. The molecule has 0 saturated carbocycles. The van der Waals surface area contributed by atoms with E-state index in [4.69, 9.17) is 4.43 Å². The summed E-state index contributed by atoms with van der Waals surface area (Å²) in [6.45, 7) is 9.86. The fraction of sp³-hybridized carbons (Fsp3) is 0.440. The van der Waals surface area contributed by atoms with Crippen LogP contribution in [-0.2, 0) is 4.43 Å². The van der Waals surface area contributed by atoms with Crippen molar-refractivity contribution in [2.45, 2.75) is 64.8 Å². The smallest absolute Gasteiger partial charge is 0.261 e. The summed E-state index contributed by atoms with van der Waals surface area (Å²) in [6.07, 6.45) is 5.54. The lowest BCUT2D eigenvalue weighted by atomic mass is 10.2. The molecule has 2 rings (SSSR count). The summed E-state index contributed by atoms with van der Waals surface area (Å²) in [5.41, 5.74) is 0. The van der Waals surface area contributed by atoms with Gasteiger partial charge in [-0.3, -0.25) is 0 Å². The molecule has 0 N–H and O–H groups in total. The van der Waals surface area contributed by atoms with Gasteiger partial charge in [-0.15, -0.1) is 11.8 Å². The van der Waals surface area contributed by atoms with E-state index in [0.29, 0.717) is 6.61 Å². The molecule has 0 aliphatic rings. The number of hydrogen-bond donors (Lipinski definition) is 0. The van der Waals surface area contributed by atoms with Crippen molar-refractivity contribution in [1.29, 1.82) is 0 Å². The Morgan fingerprint density at radius 2 is 1.30 bits per heavy atom. The predicted molar refractivity (Wildman–Crippen MR) is 120 cm³/mol. The van der Waals surface area contributed by atoms with E-state index in [1.807, 2.05) is 0 Å². The van der Waals surface area contributed by atoms with Gasteiger partial charge in [0.1, 0.15) is 0 Å². The molecule has 2 heteroatoms. The van der Waals surface area contributed by atoms with Crippen molar-refractivity contribution in [3.63, 3.8) is 0 Å². The van der Waals surface area contributed by atoms with Crippen molar-refractivity contribution in [2.24, 2.45) is 0 Å². The van der Waals surface area contributed by atoms with Gasteiger partial charge in [0.25, 0.3) is 8.32 Å². The van der Waals surface area contributed by atoms with Crippen LogP contribution >= 0.6 is 0 Å². The average Bonchev–Trinajstić information content (AvgIpc) is 2.67. The molecule has 0 unspecified atom stereocenters. The van der Waals surface area contributed by atoms with Crippen LogP contribution < -0.4 is 10.4 Å². The summed E-state index contributed by atoms with van der Waals surface area (Å²) >= 11 is 0. The third kappa shape index (κ3) is 5.58. The first-order valence-electron chi connectivity index (χ1n) is 10.2. The van der Waals surface area contributed by atoms with Gasteiger partial charge in [0, 0.05) is 19.4 Å². The molecule has 144 valence electrons. The second kappa shape index (κ2) is 10.5. The Bertz CT molecular complexity index is 680. The van der Waals surface area contributed by atoms with E-state index in [-0.39, 0.29) is 5.04 Å². The highest BCUT2D eigenvalue weighted by molar-refractivity contribution is 6.99. The van der Waals surface area contributed by atoms with E-state index in [1.165, 1.54) is 29.6 Å². The van der Waals surface area contributed by atoms with Gasteiger partial charge in [0.2, 0.25) is 0 Å². The molecule has 0 aromatic heterocycles. The summed E-state index contributed by atoms with van der Waals surface area (Å²) < 4.78 is 6.83. The lowest BCUT2D eigenvalue weighted by Crippen LogP contribution is -2.66. The van der Waals surface area contributed by atoms with Crippen LogP contribution in [0.4, 0.5) is 0 Å². The Morgan fingerprint density at radius 1 is 0.778 bits per heavy atom. The Morgan fingerprint density at radius 3 is 1.78 bits per heavy atom. The number of hydrogen-bond acceptors (Lipinski definition) is 1. The molecule has 0 aliphatic heterocycles. The van der Waals surface area contributed by atoms with E-state index in [0.717, 1.165) is 12.8 Å². The molecule has 2 aromatic carbocycles. The van der Waals surface area contributed by atoms with Crippen LogP contribution in [0.5, 0.6) is 0 Å². The summed E-state index contributed by atoms with van der Waals surface area (Å²) in [4.78, 5) is 0. The minimum absolute atomic E-state index is 0.0320. The van der Waals surface area contributed by atoms with Crippen molar-refractivity contribution in [1.82, 2.24) is 0 Å². The maximum atomic E-state index is 6.83. The predicted octanol–water partition coefficient (Wildman–Crippen LogP) is 5.54. The first kappa shape index (κ1) is 21.5. The van der Waals surface area contributed by atoms with Crippen LogP contribution in [0.3, 0.4) is 0 Å². The fourth-order valence-corrected chi connectivity index (χ4v) is 8.22. The lowest BCUT2D eigenvalue weighted by molar-refractivity contribution is 0.306. The van der Waals surface area contributed by atoms with Crippen molar-refractivity contribution in [3.05, 3.63) is 60.7 Å². The molecule has 0 bridgehead atoms. The third-order valence-electron chi connectivity index (χ3n) is 4.99. The highest BCUT2D eigenvalue weighted by Gasteiger charge is 2.49. The van der Waals surface area contributed by atoms with Gasteiger partial charge < -0.3 is 4.43 Å². The Balaban J connectivity index is 2.25. The topological polar surface area (TPSA) is 9.23 Å². The van der Waals surface area contributed by atoms with E-state index >= 15 is 0 Å². The Labute approximate surface area is 167 Å². The van der Waals surface area contributed by atoms with Gasteiger partial charge in [-0.2, -0.15) is 0 Å². The average molecular weight is 379 g/mol. The van der Waals surface area contributed by atoms with Crippen molar-refractivity contribution in [3.8, 4) is 11.8 Å². The molecule has 0 radical (unpaired) electrons. The van der Waals surface area contributed by atoms with Crippen LogP contribution in [0.15, 0.2) is 60.7 Å². The van der Waals surface area contributed by atoms with E-state index < -0.39 is 8.32 Å². The quantitative estimate of drug-likeness (QED) is 0.333. The molecular weight excluding hydrogens is 344 g/mol. The summed E-state index contributed by atoms with van der Waals surface area (Å²) in [7, 11) is -2.40. The molecule has 0 spiro atoms. The number of rotatable bonds is 8. The number of unbranched alkanes of at least 4 members (excludes halogenated alkanes) is 3. The van der Waals surface area contributed by atoms with Gasteiger partial charge in [-0.25, -0.2) is 0 Å². The minimum Gasteiger partial charge on any atom is -0.406 e. The first-order valence-corrected chi connectivity index (χ1v) is 12.1. The molecule has 1 nitrogen and oxygen atoms in total. The molecule has 0 saturated heterocycles. The number of benzene rings is 2. The lowest BCUT2D eigenvalue weighted by Gasteiger charge is -2.43. The van der Waals surface area contributed by atoms with Crippen LogP contribution in [0.1, 0.15) is 59.8 Å². The molecule has 2 aromatic rings. The van der Waals surface area contributed by atoms with Crippen LogP contribution in [0.2, 0.25) is 5.04 Å². The van der Waals surface area contributed by atoms with Crippen molar-refractivity contribution >= 4 is 18.7 Å². The molecule has 0 heterocycles. The molecule has 0 atom stereocenters. The zero-order valence-corrected chi connectivity index (χ0v) is 18.4. The van der Waals surface area contributed by atoms with Gasteiger partial charge in [0.05, 0.1) is 0 Å². The zero-order valence-electron chi connectivity index (χ0n) is 17.4. The fourth-order valence-electron chi connectivity index (χ4n) is 3.66. The Hall–Kier alpha value is -1.82. The van der Waals surface area contributed by atoms with Gasteiger partial charge in [-0.05, 0) is 21.8 Å². The largest absolute Gasteiger partial charge is 0.406 e. The van der Waals surface area contributed by atoms with E-state index in [2.05, 4.69) is 100 Å². The maximum Gasteiger partial charge on any atom is 0.261 e. The SMILES string of the molecule is CCCCCC#CCCO[Si](c1ccccc1)(c1ccccc1)C(C)(C)C. The standard InChI is InChI=1S/C25H34OSi/c1-5-6-7-8-9-10-17-22-26-27(25(2,3)4,23-18-13-11-14-19-23)24-20-15-12-16-21-24/h11-16,18-21H,5-8,17,22H2,1-4H3. The third-order valence-corrected chi connectivity index (χ3v) is 10.0. The van der Waals surface area contributed by atoms with Crippen LogP contribution in [-0.4, -0.2) is 14.9 Å². The highest BCUT2D eigenvalue weighted by atomic mass is 28.4. The molecular formula is C25H34OSi. The second-order valence-electron chi connectivity index (χ2n) is 8.07. The molecule has 0 aliphatic carbocycles. The molecule has 27 heavy (non-hydrogen) atoms. The van der Waals surface area contributed by atoms with Gasteiger partial charge >= 0.3 is 0 Å².